The summed E-state index contributed by atoms with van der Waals surface area (Å²) in [7, 11) is -3.91. The number of fused-ring (bicyclic) bond motifs is 1. The monoisotopic (exact) mass is 524 g/mol. The first-order valence-corrected chi connectivity index (χ1v) is 13.3. The summed E-state index contributed by atoms with van der Waals surface area (Å²) in [6.07, 6.45) is 0. The first-order chi connectivity index (χ1) is 17.9. The number of sulfone groups is 1. The number of nitrogens with zero attached hydrogens (tertiary/aromatic N) is 3. The lowest BCUT2D eigenvalue weighted by Crippen LogP contribution is -2.49. The number of urea groups is 1. The standard InChI is InChI=1S/C26H25FN4O5S/c27-18-37(33,34)22-10-8-20(9-11-22)35-21-5-3-4-19(16-21)17-30-12-14-31(15-13-30)26(32)28-25-23-6-1-2-7-24(23)36-29-25/h1-11,16H,12-15,17-18H2,(H,28,29,32). The Bertz CT molecular complexity index is 1500. The van der Waals surface area contributed by atoms with Crippen LogP contribution in [-0.4, -0.2) is 61.6 Å². The van der Waals surface area contributed by atoms with Gasteiger partial charge in [0.25, 0.3) is 0 Å². The molecule has 1 fully saturated rings. The van der Waals surface area contributed by atoms with Gasteiger partial charge in [-0.25, -0.2) is 17.6 Å². The number of aromatic nitrogens is 1. The first-order valence-electron chi connectivity index (χ1n) is 11.7. The number of rotatable bonds is 7. The topological polar surface area (TPSA) is 105 Å². The second-order valence-electron chi connectivity index (χ2n) is 8.67. The highest BCUT2D eigenvalue weighted by atomic mass is 32.2. The lowest BCUT2D eigenvalue weighted by molar-refractivity contribution is 0.143. The molecule has 0 radical (unpaired) electrons. The van der Waals surface area contributed by atoms with E-state index < -0.39 is 15.8 Å². The highest BCUT2D eigenvalue weighted by molar-refractivity contribution is 7.91. The van der Waals surface area contributed by atoms with E-state index in [1.807, 2.05) is 42.5 Å². The molecule has 0 unspecified atom stereocenters. The number of nitrogens with one attached hydrogen (secondary N) is 1. The minimum absolute atomic E-state index is 0.0849. The zero-order chi connectivity index (χ0) is 25.8. The van der Waals surface area contributed by atoms with Crippen LogP contribution in [0, 0.1) is 0 Å². The maximum atomic E-state index is 12.7. The summed E-state index contributed by atoms with van der Waals surface area (Å²) in [4.78, 5) is 16.7. The molecule has 1 N–H and O–H groups in total. The van der Waals surface area contributed by atoms with Crippen LogP contribution in [0.2, 0.25) is 0 Å². The quantitative estimate of drug-likeness (QED) is 0.375. The van der Waals surface area contributed by atoms with Crippen molar-refractivity contribution < 1.29 is 26.9 Å². The van der Waals surface area contributed by atoms with E-state index in [9.17, 15) is 17.6 Å². The highest BCUT2D eigenvalue weighted by Crippen LogP contribution is 2.25. The van der Waals surface area contributed by atoms with Crippen molar-refractivity contribution in [3.8, 4) is 11.5 Å². The Morgan fingerprint density at radius 1 is 0.973 bits per heavy atom. The molecule has 37 heavy (non-hydrogen) atoms. The first kappa shape index (κ1) is 24.7. The van der Waals surface area contributed by atoms with Crippen molar-refractivity contribution in [3.05, 3.63) is 78.4 Å². The van der Waals surface area contributed by atoms with Crippen LogP contribution < -0.4 is 10.1 Å². The molecule has 5 rings (SSSR count). The van der Waals surface area contributed by atoms with Crippen molar-refractivity contribution in [1.29, 1.82) is 0 Å². The van der Waals surface area contributed by atoms with Crippen molar-refractivity contribution in [1.82, 2.24) is 15.0 Å². The summed E-state index contributed by atoms with van der Waals surface area (Å²) in [5.41, 5.74) is 1.66. The van der Waals surface area contributed by atoms with E-state index in [0.29, 0.717) is 55.6 Å². The van der Waals surface area contributed by atoms with Gasteiger partial charge in [-0.2, -0.15) is 0 Å². The fraction of sp³-hybridized carbons (Fsp3) is 0.231. The summed E-state index contributed by atoms with van der Waals surface area (Å²) in [6, 6.07) is 19.0. The van der Waals surface area contributed by atoms with Crippen LogP contribution >= 0.6 is 0 Å². The van der Waals surface area contributed by atoms with Crippen molar-refractivity contribution in [2.45, 2.75) is 11.4 Å². The molecule has 1 aliphatic heterocycles. The van der Waals surface area contributed by atoms with Gasteiger partial charge in [-0.1, -0.05) is 29.4 Å². The smallest absolute Gasteiger partial charge is 0.323 e. The molecule has 3 aromatic carbocycles. The third kappa shape index (κ3) is 5.73. The lowest BCUT2D eigenvalue weighted by atomic mass is 10.2. The summed E-state index contributed by atoms with van der Waals surface area (Å²) in [6.45, 7) is 3.26. The molecule has 2 heterocycles. The van der Waals surface area contributed by atoms with Crippen molar-refractivity contribution in [2.24, 2.45) is 0 Å². The second-order valence-corrected chi connectivity index (χ2v) is 10.6. The van der Waals surface area contributed by atoms with Gasteiger partial charge in [-0.15, -0.1) is 0 Å². The molecule has 192 valence electrons. The van der Waals surface area contributed by atoms with Gasteiger partial charge in [0.1, 0.15) is 11.5 Å². The van der Waals surface area contributed by atoms with E-state index in [0.717, 1.165) is 10.9 Å². The van der Waals surface area contributed by atoms with Gasteiger partial charge in [0.05, 0.1) is 10.3 Å². The number of para-hydroxylation sites is 1. The molecule has 0 saturated carbocycles. The number of carbonyl (C=O) groups is 1. The molecule has 1 aliphatic rings. The number of anilines is 1. The maximum absolute atomic E-state index is 12.7. The Kier molecular flexibility index (Phi) is 7.06. The van der Waals surface area contributed by atoms with Crippen LogP contribution in [0.25, 0.3) is 11.0 Å². The highest BCUT2D eigenvalue weighted by Gasteiger charge is 2.23. The van der Waals surface area contributed by atoms with Crippen LogP contribution in [-0.2, 0) is 16.4 Å². The second kappa shape index (κ2) is 10.6. The van der Waals surface area contributed by atoms with Crippen LogP contribution in [0.1, 0.15) is 5.56 Å². The van der Waals surface area contributed by atoms with Crippen molar-refractivity contribution in [2.75, 3.05) is 37.5 Å². The van der Waals surface area contributed by atoms with E-state index in [-0.39, 0.29) is 10.9 Å². The van der Waals surface area contributed by atoms with Gasteiger partial charge in [0.2, 0.25) is 9.84 Å². The van der Waals surface area contributed by atoms with E-state index in [1.165, 1.54) is 24.3 Å². The van der Waals surface area contributed by atoms with Gasteiger partial charge in [-0.3, -0.25) is 10.2 Å². The summed E-state index contributed by atoms with van der Waals surface area (Å²) >= 11 is 0. The molecule has 9 nitrogen and oxygen atoms in total. The Balaban J connectivity index is 1.14. The molecule has 0 atom stereocenters. The average molecular weight is 525 g/mol. The molecule has 11 heteroatoms. The molecule has 0 aliphatic carbocycles. The minimum Gasteiger partial charge on any atom is -0.457 e. The van der Waals surface area contributed by atoms with Gasteiger partial charge in [0, 0.05) is 32.7 Å². The minimum atomic E-state index is -3.91. The zero-order valence-corrected chi connectivity index (χ0v) is 20.7. The molecule has 1 aromatic heterocycles. The van der Waals surface area contributed by atoms with Crippen LogP contribution in [0.5, 0.6) is 11.5 Å². The summed E-state index contributed by atoms with van der Waals surface area (Å²) in [5, 5.41) is 7.56. The van der Waals surface area contributed by atoms with Crippen molar-refractivity contribution >= 4 is 32.7 Å². The Labute approximate surface area is 213 Å². The molecular weight excluding hydrogens is 499 g/mol. The summed E-state index contributed by atoms with van der Waals surface area (Å²) < 4.78 is 47.0. The molecular formula is C26H25FN4O5S. The summed E-state index contributed by atoms with van der Waals surface area (Å²) in [5.74, 6) is 1.48. The van der Waals surface area contributed by atoms with Gasteiger partial charge in [0.15, 0.2) is 17.4 Å². The van der Waals surface area contributed by atoms with E-state index in [2.05, 4.69) is 15.4 Å². The number of benzene rings is 3. The average Bonchev–Trinajstić information content (AvgIpc) is 3.32. The van der Waals surface area contributed by atoms with Crippen LogP contribution in [0.4, 0.5) is 15.0 Å². The third-order valence-corrected chi connectivity index (χ3v) is 7.41. The van der Waals surface area contributed by atoms with E-state index in [4.69, 9.17) is 9.26 Å². The molecule has 1 saturated heterocycles. The Morgan fingerprint density at radius 3 is 2.49 bits per heavy atom. The van der Waals surface area contributed by atoms with E-state index in [1.54, 1.807) is 11.0 Å². The Morgan fingerprint density at radius 2 is 1.73 bits per heavy atom. The van der Waals surface area contributed by atoms with Gasteiger partial charge >= 0.3 is 6.03 Å². The SMILES string of the molecule is O=C(Nc1noc2ccccc12)N1CCN(Cc2cccc(Oc3ccc(S(=O)(=O)CF)cc3)c2)CC1. The number of halogens is 1. The molecule has 4 aromatic rings. The maximum Gasteiger partial charge on any atom is 0.323 e. The number of ether oxygens (including phenoxy) is 1. The molecule has 2 amide bonds. The predicted molar refractivity (Wildman–Crippen MR) is 136 cm³/mol. The van der Waals surface area contributed by atoms with Crippen LogP contribution in [0.15, 0.2) is 82.2 Å². The number of hydrogen-bond donors (Lipinski definition) is 1. The molecule has 0 spiro atoms. The molecule has 0 bridgehead atoms. The number of piperazine rings is 1. The number of carbonyl (C=O) groups excluding carboxylic acids is 1. The predicted octanol–water partition coefficient (Wildman–Crippen LogP) is 4.67. The van der Waals surface area contributed by atoms with Crippen LogP contribution in [0.3, 0.4) is 0 Å². The fourth-order valence-electron chi connectivity index (χ4n) is 4.15. The zero-order valence-electron chi connectivity index (χ0n) is 19.8. The lowest BCUT2D eigenvalue weighted by Gasteiger charge is -2.34. The fourth-order valence-corrected chi connectivity index (χ4v) is 4.82. The van der Waals surface area contributed by atoms with Gasteiger partial charge in [-0.05, 0) is 54.1 Å². The van der Waals surface area contributed by atoms with Gasteiger partial charge < -0.3 is 14.2 Å². The number of hydrogen-bond acceptors (Lipinski definition) is 7. The number of amides is 2. The van der Waals surface area contributed by atoms with Crippen molar-refractivity contribution in [3.63, 3.8) is 0 Å². The largest absolute Gasteiger partial charge is 0.457 e. The normalized spacial score (nSPS) is 14.6. The third-order valence-electron chi connectivity index (χ3n) is 6.13. The number of alkyl halides is 1. The Hall–Kier alpha value is -3.96. The van der Waals surface area contributed by atoms with E-state index >= 15 is 0 Å².